The van der Waals surface area contributed by atoms with Crippen molar-refractivity contribution in [2.24, 2.45) is 7.05 Å². The van der Waals surface area contributed by atoms with Crippen molar-refractivity contribution in [1.29, 1.82) is 0 Å². The van der Waals surface area contributed by atoms with Gasteiger partial charge in [-0.25, -0.2) is 0 Å². The third-order valence-electron chi connectivity index (χ3n) is 2.25. The summed E-state index contributed by atoms with van der Waals surface area (Å²) in [6.07, 6.45) is 0. The van der Waals surface area contributed by atoms with Crippen molar-refractivity contribution < 1.29 is 4.52 Å². The first-order chi connectivity index (χ1) is 7.58. The van der Waals surface area contributed by atoms with Crippen LogP contribution in [0.15, 0.2) is 4.52 Å². The first kappa shape index (κ1) is 10.5. The highest BCUT2D eigenvalue weighted by atomic mass is 16.5. The molecule has 0 aliphatic heterocycles. The van der Waals surface area contributed by atoms with Crippen molar-refractivity contribution in [3.63, 3.8) is 0 Å². The monoisotopic (exact) mass is 222 g/mol. The molecule has 0 saturated carbocycles. The molecule has 2 heterocycles. The summed E-state index contributed by atoms with van der Waals surface area (Å²) < 4.78 is 6.67. The van der Waals surface area contributed by atoms with Crippen LogP contribution in [0, 0.1) is 13.8 Å². The van der Waals surface area contributed by atoms with Gasteiger partial charge in [0.1, 0.15) is 5.82 Å². The van der Waals surface area contributed by atoms with Gasteiger partial charge < -0.3 is 15.6 Å². The lowest BCUT2D eigenvalue weighted by molar-refractivity contribution is 0.379. The maximum absolute atomic E-state index is 5.86. The second-order valence-electron chi connectivity index (χ2n) is 3.56. The van der Waals surface area contributed by atoms with Crippen molar-refractivity contribution in [3.8, 4) is 0 Å². The first-order valence-electron chi connectivity index (χ1n) is 4.90. The molecule has 0 spiro atoms. The zero-order valence-corrected chi connectivity index (χ0v) is 9.48. The van der Waals surface area contributed by atoms with Crippen molar-refractivity contribution in [2.45, 2.75) is 20.4 Å². The molecule has 0 radical (unpaired) electrons. The van der Waals surface area contributed by atoms with E-state index in [9.17, 15) is 0 Å². The minimum absolute atomic E-state index is 0.435. The topological polar surface area (TPSA) is 94.8 Å². The van der Waals surface area contributed by atoms with Crippen molar-refractivity contribution >= 4 is 11.5 Å². The number of anilines is 2. The Morgan fingerprint density at radius 1 is 1.44 bits per heavy atom. The van der Waals surface area contributed by atoms with Gasteiger partial charge in [0.25, 0.3) is 0 Å². The van der Waals surface area contributed by atoms with Gasteiger partial charge in [-0.3, -0.25) is 4.68 Å². The molecule has 16 heavy (non-hydrogen) atoms. The quantitative estimate of drug-likeness (QED) is 0.790. The minimum Gasteiger partial charge on any atom is -0.394 e. The van der Waals surface area contributed by atoms with Gasteiger partial charge in [0, 0.05) is 7.05 Å². The molecule has 2 aromatic heterocycles. The predicted octanol–water partition coefficient (Wildman–Crippen LogP) is 0.614. The summed E-state index contributed by atoms with van der Waals surface area (Å²) in [5.74, 6) is 1.90. The summed E-state index contributed by atoms with van der Waals surface area (Å²) in [5, 5.41) is 11.0. The normalized spacial score (nSPS) is 10.7. The fourth-order valence-corrected chi connectivity index (χ4v) is 1.46. The number of hydrogen-bond donors (Lipinski definition) is 2. The lowest BCUT2D eigenvalue weighted by Crippen LogP contribution is -2.06. The first-order valence-corrected chi connectivity index (χ1v) is 4.90. The molecule has 0 amide bonds. The molecule has 0 fully saturated rings. The SMILES string of the molecule is Cc1noc(CNc2c(N)c(C)nn2C)n1. The smallest absolute Gasteiger partial charge is 0.245 e. The number of nitrogen functional groups attached to an aromatic ring is 1. The van der Waals surface area contributed by atoms with E-state index in [0.717, 1.165) is 11.5 Å². The van der Waals surface area contributed by atoms with Crippen LogP contribution in [0.25, 0.3) is 0 Å². The average molecular weight is 222 g/mol. The average Bonchev–Trinajstić information content (AvgIpc) is 2.72. The van der Waals surface area contributed by atoms with Crippen LogP contribution < -0.4 is 11.1 Å². The maximum Gasteiger partial charge on any atom is 0.245 e. The molecule has 0 saturated heterocycles. The number of nitrogens with one attached hydrogen (secondary N) is 1. The predicted molar refractivity (Wildman–Crippen MR) is 58.7 cm³/mol. The van der Waals surface area contributed by atoms with Gasteiger partial charge in [-0.1, -0.05) is 5.16 Å². The van der Waals surface area contributed by atoms with Crippen LogP contribution in [0.5, 0.6) is 0 Å². The van der Waals surface area contributed by atoms with Crippen molar-refractivity contribution in [2.75, 3.05) is 11.1 Å². The zero-order valence-electron chi connectivity index (χ0n) is 9.48. The van der Waals surface area contributed by atoms with Crippen LogP contribution in [0.1, 0.15) is 17.4 Å². The van der Waals surface area contributed by atoms with E-state index < -0.39 is 0 Å². The molecule has 2 aromatic rings. The minimum atomic E-state index is 0.435. The van der Waals surface area contributed by atoms with Crippen LogP contribution >= 0.6 is 0 Å². The number of nitrogens with two attached hydrogens (primary N) is 1. The number of aromatic nitrogens is 4. The van der Waals surface area contributed by atoms with E-state index in [0.29, 0.717) is 23.9 Å². The van der Waals surface area contributed by atoms with Gasteiger partial charge in [0.05, 0.1) is 17.9 Å². The lowest BCUT2D eigenvalue weighted by atomic mass is 10.4. The molecule has 0 bridgehead atoms. The van der Waals surface area contributed by atoms with Gasteiger partial charge in [-0.2, -0.15) is 10.1 Å². The molecule has 0 aromatic carbocycles. The molecular weight excluding hydrogens is 208 g/mol. The fraction of sp³-hybridized carbons (Fsp3) is 0.444. The molecular formula is C9H14N6O. The summed E-state index contributed by atoms with van der Waals surface area (Å²) in [5.41, 5.74) is 7.30. The summed E-state index contributed by atoms with van der Waals surface area (Å²) in [4.78, 5) is 4.08. The molecule has 7 nitrogen and oxygen atoms in total. The molecule has 2 rings (SSSR count). The molecule has 0 unspecified atom stereocenters. The molecule has 3 N–H and O–H groups in total. The van der Waals surface area contributed by atoms with Gasteiger partial charge in [-0.15, -0.1) is 0 Å². The highest BCUT2D eigenvalue weighted by Crippen LogP contribution is 2.21. The van der Waals surface area contributed by atoms with Gasteiger partial charge in [0.2, 0.25) is 5.89 Å². The van der Waals surface area contributed by atoms with Crippen LogP contribution in [0.4, 0.5) is 11.5 Å². The summed E-state index contributed by atoms with van der Waals surface area (Å²) in [6.45, 7) is 4.07. The zero-order chi connectivity index (χ0) is 11.7. The van der Waals surface area contributed by atoms with E-state index in [1.54, 1.807) is 11.6 Å². The van der Waals surface area contributed by atoms with Crippen molar-refractivity contribution in [1.82, 2.24) is 19.9 Å². The summed E-state index contributed by atoms with van der Waals surface area (Å²) in [6, 6.07) is 0. The van der Waals surface area contributed by atoms with E-state index in [4.69, 9.17) is 10.3 Å². The Morgan fingerprint density at radius 3 is 2.69 bits per heavy atom. The number of aryl methyl sites for hydroxylation is 3. The van der Waals surface area contributed by atoms with Crippen LogP contribution in [0.2, 0.25) is 0 Å². The molecule has 7 heteroatoms. The Hall–Kier alpha value is -2.05. The van der Waals surface area contributed by atoms with Gasteiger partial charge in [0.15, 0.2) is 5.82 Å². The Kier molecular flexibility index (Phi) is 2.51. The van der Waals surface area contributed by atoms with E-state index >= 15 is 0 Å². The largest absolute Gasteiger partial charge is 0.394 e. The van der Waals surface area contributed by atoms with Crippen LogP contribution in [-0.2, 0) is 13.6 Å². The molecule has 0 aliphatic carbocycles. The molecule has 86 valence electrons. The lowest BCUT2D eigenvalue weighted by Gasteiger charge is -2.04. The highest BCUT2D eigenvalue weighted by Gasteiger charge is 2.10. The van der Waals surface area contributed by atoms with E-state index in [-0.39, 0.29) is 0 Å². The van der Waals surface area contributed by atoms with E-state index in [2.05, 4.69) is 20.6 Å². The van der Waals surface area contributed by atoms with Gasteiger partial charge in [-0.05, 0) is 13.8 Å². The van der Waals surface area contributed by atoms with Crippen LogP contribution in [-0.4, -0.2) is 19.9 Å². The fourth-order valence-electron chi connectivity index (χ4n) is 1.46. The Morgan fingerprint density at radius 2 is 2.19 bits per heavy atom. The summed E-state index contributed by atoms with van der Waals surface area (Å²) in [7, 11) is 1.82. The van der Waals surface area contributed by atoms with Crippen molar-refractivity contribution in [3.05, 3.63) is 17.4 Å². The third kappa shape index (κ3) is 1.83. The van der Waals surface area contributed by atoms with Crippen LogP contribution in [0.3, 0.4) is 0 Å². The second kappa shape index (κ2) is 3.84. The van der Waals surface area contributed by atoms with E-state index in [1.807, 2.05) is 14.0 Å². The van der Waals surface area contributed by atoms with E-state index in [1.165, 1.54) is 0 Å². The third-order valence-corrected chi connectivity index (χ3v) is 2.25. The Labute approximate surface area is 92.6 Å². The molecule has 0 atom stereocenters. The standard InChI is InChI=1S/C9H14N6O/c1-5-8(10)9(15(3)13-5)11-4-7-12-6(2)14-16-7/h11H,4,10H2,1-3H3. The van der Waals surface area contributed by atoms with Gasteiger partial charge >= 0.3 is 0 Å². The Bertz CT molecular complexity index is 500. The summed E-state index contributed by atoms with van der Waals surface area (Å²) >= 11 is 0. The number of hydrogen-bond acceptors (Lipinski definition) is 6. The second-order valence-corrected chi connectivity index (χ2v) is 3.56. The molecule has 0 aliphatic rings. The number of nitrogens with zero attached hydrogens (tertiary/aromatic N) is 4. The highest BCUT2D eigenvalue weighted by molar-refractivity contribution is 5.64. The number of rotatable bonds is 3. The Balaban J connectivity index is 2.10. The maximum atomic E-state index is 5.86.